The van der Waals surface area contributed by atoms with Crippen LogP contribution in [-0.4, -0.2) is 17.1 Å². The van der Waals surface area contributed by atoms with E-state index in [1.165, 1.54) is 13.4 Å². The van der Waals surface area contributed by atoms with Crippen molar-refractivity contribution in [2.75, 3.05) is 7.11 Å². The summed E-state index contributed by atoms with van der Waals surface area (Å²) in [5.74, 6) is -3.26. The fourth-order valence-electron chi connectivity index (χ4n) is 1.49. The van der Waals surface area contributed by atoms with Crippen LogP contribution >= 0.6 is 12.2 Å². The molecule has 0 radical (unpaired) electrons. The van der Waals surface area contributed by atoms with Crippen LogP contribution in [0.15, 0.2) is 18.5 Å². The molecule has 0 amide bonds. The number of nitrogens with one attached hydrogen (secondary N) is 1. The fraction of sp³-hybridized carbons (Fsp3) is 0.0909. The van der Waals surface area contributed by atoms with Crippen LogP contribution < -0.4 is 4.74 Å². The molecule has 1 aromatic carbocycles. The molecule has 0 aliphatic carbocycles. The average molecular weight is 272 g/mol. The first-order valence-electron chi connectivity index (χ1n) is 4.81. The number of H-pyrrole nitrogens is 1. The monoisotopic (exact) mass is 272 g/mol. The lowest BCUT2D eigenvalue weighted by molar-refractivity contribution is 0.410. The van der Waals surface area contributed by atoms with Gasteiger partial charge in [-0.3, -0.25) is 0 Å². The third-order valence-electron chi connectivity index (χ3n) is 2.30. The number of ether oxygens (including phenoxy) is 1. The topological polar surface area (TPSA) is 37.9 Å². The second-order valence-corrected chi connectivity index (χ2v) is 3.75. The minimum Gasteiger partial charge on any atom is -0.491 e. The number of hydrogen-bond acceptors (Lipinski definition) is 3. The molecular formula is C11H7F3N2OS. The zero-order chi connectivity index (χ0) is 13.3. The van der Waals surface area contributed by atoms with Crippen molar-refractivity contribution < 1.29 is 17.9 Å². The van der Waals surface area contributed by atoms with Crippen LogP contribution in [0.1, 0.15) is 0 Å². The van der Waals surface area contributed by atoms with Crippen LogP contribution in [0.3, 0.4) is 0 Å². The van der Waals surface area contributed by atoms with Crippen LogP contribution in [0.25, 0.3) is 11.3 Å². The van der Waals surface area contributed by atoms with Gasteiger partial charge in [0.2, 0.25) is 0 Å². The molecule has 0 saturated carbocycles. The zero-order valence-electron chi connectivity index (χ0n) is 9.13. The molecule has 1 aromatic heterocycles. The molecule has 0 atom stereocenters. The van der Waals surface area contributed by atoms with E-state index in [1.807, 2.05) is 0 Å². The van der Waals surface area contributed by atoms with Crippen molar-refractivity contribution in [2.24, 2.45) is 0 Å². The smallest absolute Gasteiger partial charge is 0.179 e. The lowest BCUT2D eigenvalue weighted by Gasteiger charge is -2.09. The summed E-state index contributed by atoms with van der Waals surface area (Å²) in [6.45, 7) is 0. The Bertz CT molecular complexity index is 657. The quantitative estimate of drug-likeness (QED) is 0.673. The molecule has 3 nitrogen and oxygen atoms in total. The Kier molecular flexibility index (Phi) is 3.33. The summed E-state index contributed by atoms with van der Waals surface area (Å²) in [5, 5.41) is 0. The first kappa shape index (κ1) is 12.6. The Hall–Kier alpha value is -1.89. The summed E-state index contributed by atoms with van der Waals surface area (Å²) in [4.78, 5) is 6.35. The Labute approximate surface area is 105 Å². The van der Waals surface area contributed by atoms with E-state index in [9.17, 15) is 13.2 Å². The van der Waals surface area contributed by atoms with Gasteiger partial charge in [0.1, 0.15) is 5.82 Å². The van der Waals surface area contributed by atoms with Crippen molar-refractivity contribution >= 4 is 12.2 Å². The zero-order valence-corrected chi connectivity index (χ0v) is 9.95. The van der Waals surface area contributed by atoms with Crippen molar-refractivity contribution in [2.45, 2.75) is 0 Å². The molecule has 2 aromatic rings. The van der Waals surface area contributed by atoms with E-state index < -0.39 is 17.5 Å². The summed E-state index contributed by atoms with van der Waals surface area (Å²) in [6, 6.07) is 1.19. The molecule has 0 unspecified atom stereocenters. The van der Waals surface area contributed by atoms with Gasteiger partial charge in [0.15, 0.2) is 22.0 Å². The lowest BCUT2D eigenvalue weighted by Crippen LogP contribution is -1.98. The van der Waals surface area contributed by atoms with Gasteiger partial charge in [-0.05, 0) is 6.07 Å². The Morgan fingerprint density at radius 2 is 1.83 bits per heavy atom. The van der Waals surface area contributed by atoms with E-state index in [1.54, 1.807) is 0 Å². The third-order valence-corrected chi connectivity index (χ3v) is 2.59. The molecule has 2 rings (SSSR count). The maximum absolute atomic E-state index is 13.6. The van der Waals surface area contributed by atoms with E-state index in [2.05, 4.69) is 9.97 Å². The molecule has 0 aliphatic heterocycles. The molecule has 0 saturated heterocycles. The molecule has 0 fully saturated rings. The largest absolute Gasteiger partial charge is 0.491 e. The highest BCUT2D eigenvalue weighted by molar-refractivity contribution is 7.71. The van der Waals surface area contributed by atoms with Crippen LogP contribution in [0.5, 0.6) is 5.75 Å². The summed E-state index contributed by atoms with van der Waals surface area (Å²) in [6.07, 6.45) is 1.22. The van der Waals surface area contributed by atoms with E-state index in [4.69, 9.17) is 17.0 Å². The van der Waals surface area contributed by atoms with E-state index in [0.717, 1.165) is 6.07 Å². The van der Waals surface area contributed by atoms with Crippen molar-refractivity contribution in [1.82, 2.24) is 9.97 Å². The minimum atomic E-state index is -1.26. The van der Waals surface area contributed by atoms with Crippen molar-refractivity contribution in [3.63, 3.8) is 0 Å². The van der Waals surface area contributed by atoms with Crippen molar-refractivity contribution in [3.8, 4) is 17.0 Å². The molecule has 0 bridgehead atoms. The molecule has 0 spiro atoms. The van der Waals surface area contributed by atoms with Crippen LogP contribution in [-0.2, 0) is 0 Å². The van der Waals surface area contributed by atoms with Crippen molar-refractivity contribution in [1.29, 1.82) is 0 Å². The molecule has 1 heterocycles. The number of rotatable bonds is 2. The van der Waals surface area contributed by atoms with Gasteiger partial charge >= 0.3 is 0 Å². The second kappa shape index (κ2) is 4.77. The number of benzene rings is 1. The fourth-order valence-corrected chi connectivity index (χ4v) is 1.73. The van der Waals surface area contributed by atoms with E-state index in [-0.39, 0.29) is 21.6 Å². The number of aromatic amines is 1. The van der Waals surface area contributed by atoms with Crippen LogP contribution in [0, 0.1) is 22.1 Å². The van der Waals surface area contributed by atoms with E-state index in [0.29, 0.717) is 6.07 Å². The Morgan fingerprint density at radius 1 is 1.17 bits per heavy atom. The summed E-state index contributed by atoms with van der Waals surface area (Å²) >= 11 is 4.89. The first-order valence-corrected chi connectivity index (χ1v) is 5.22. The second-order valence-electron chi connectivity index (χ2n) is 3.36. The molecule has 94 valence electrons. The highest BCUT2D eigenvalue weighted by Gasteiger charge is 2.16. The first-order chi connectivity index (χ1) is 8.54. The third kappa shape index (κ3) is 2.08. The predicted octanol–water partition coefficient (Wildman–Crippen LogP) is 3.23. The summed E-state index contributed by atoms with van der Waals surface area (Å²) < 4.78 is 44.7. The Balaban J connectivity index is 2.73. The number of halogens is 3. The normalized spacial score (nSPS) is 10.4. The number of nitrogens with zero attached hydrogens (tertiary/aromatic N) is 1. The molecule has 18 heavy (non-hydrogen) atoms. The summed E-state index contributed by atoms with van der Waals surface area (Å²) in [5.41, 5.74) is -0.0758. The highest BCUT2D eigenvalue weighted by atomic mass is 32.1. The van der Waals surface area contributed by atoms with Gasteiger partial charge in [-0.2, -0.15) is 0 Å². The van der Waals surface area contributed by atoms with Gasteiger partial charge < -0.3 is 9.72 Å². The maximum atomic E-state index is 13.6. The van der Waals surface area contributed by atoms with Crippen molar-refractivity contribution in [3.05, 3.63) is 40.6 Å². The SMILES string of the molecule is COc1c(-c2cc(F)c(F)cc2F)[nH]cnc1=S. The number of aromatic nitrogens is 2. The van der Waals surface area contributed by atoms with Gasteiger partial charge in [-0.25, -0.2) is 18.2 Å². The molecule has 1 N–H and O–H groups in total. The lowest BCUT2D eigenvalue weighted by atomic mass is 10.1. The summed E-state index contributed by atoms with van der Waals surface area (Å²) in [7, 11) is 1.32. The number of hydrogen-bond donors (Lipinski definition) is 1. The number of methoxy groups -OCH3 is 1. The van der Waals surface area contributed by atoms with Gasteiger partial charge in [-0.1, -0.05) is 12.2 Å². The van der Waals surface area contributed by atoms with Crippen LogP contribution in [0.4, 0.5) is 13.2 Å². The highest BCUT2D eigenvalue weighted by Crippen LogP contribution is 2.30. The van der Waals surface area contributed by atoms with Gasteiger partial charge in [0.05, 0.1) is 19.1 Å². The van der Waals surface area contributed by atoms with Gasteiger partial charge in [-0.15, -0.1) is 0 Å². The Morgan fingerprint density at radius 3 is 2.50 bits per heavy atom. The molecule has 7 heteroatoms. The van der Waals surface area contributed by atoms with Gasteiger partial charge in [0.25, 0.3) is 0 Å². The van der Waals surface area contributed by atoms with Crippen LogP contribution in [0.2, 0.25) is 0 Å². The predicted molar refractivity (Wildman–Crippen MR) is 61.3 cm³/mol. The molecular weight excluding hydrogens is 265 g/mol. The average Bonchev–Trinajstić information content (AvgIpc) is 2.33. The van der Waals surface area contributed by atoms with E-state index >= 15 is 0 Å². The minimum absolute atomic E-state index is 0.0929. The van der Waals surface area contributed by atoms with Gasteiger partial charge in [0, 0.05) is 11.6 Å². The standard InChI is InChI=1S/C11H7F3N2OS/c1-17-10-9(15-4-16-11(10)18)5-2-7(13)8(14)3-6(5)12/h2-4H,1H3,(H,15,16,18). The maximum Gasteiger partial charge on any atom is 0.179 e. The molecule has 0 aliphatic rings.